The van der Waals surface area contributed by atoms with Crippen LogP contribution in [0.3, 0.4) is 0 Å². The Morgan fingerprint density at radius 1 is 1.11 bits per heavy atom. The first kappa shape index (κ1) is 45.9. The third-order valence-corrected chi connectivity index (χ3v) is 11.5. The molecule has 2 aromatic rings. The largest absolute Gasteiger partial charge is 0.790 e. The predicted octanol–water partition coefficient (Wildman–Crippen LogP) is -3.26. The molecule has 0 saturated carbocycles. The number of thioether (sulfide) groups is 1. The van der Waals surface area contributed by atoms with Crippen molar-refractivity contribution in [2.75, 3.05) is 44.5 Å². The van der Waals surface area contributed by atoms with Crippen molar-refractivity contribution in [2.45, 2.75) is 57.8 Å². The number of aromatic nitrogens is 4. The van der Waals surface area contributed by atoms with E-state index in [1.165, 1.54) is 20.8 Å². The summed E-state index contributed by atoms with van der Waals surface area (Å²) in [6, 6.07) is 0. The van der Waals surface area contributed by atoms with Gasteiger partial charge in [0.1, 0.15) is 36.3 Å². The van der Waals surface area contributed by atoms with Crippen molar-refractivity contribution in [3.8, 4) is 0 Å². The van der Waals surface area contributed by atoms with E-state index in [1.807, 2.05) is 0 Å². The fourth-order valence-electron chi connectivity index (χ4n) is 4.46. The molecule has 6 N–H and O–H groups in total. The number of rotatable bonds is 21. The number of fused-ring (bicyclic) bond motifs is 1. The van der Waals surface area contributed by atoms with Crippen LogP contribution in [0.25, 0.3) is 11.2 Å². The molecular formula is C25H37FN7O17P3S-4. The van der Waals surface area contributed by atoms with E-state index in [9.17, 15) is 62.3 Å². The first-order valence-electron chi connectivity index (χ1n) is 15.5. The molecule has 0 spiro atoms. The van der Waals surface area contributed by atoms with Gasteiger partial charge in [-0.05, 0) is 0 Å². The minimum absolute atomic E-state index is 0.0287. The zero-order chi connectivity index (χ0) is 40.6. The lowest BCUT2D eigenvalue weighted by Gasteiger charge is -2.36. The van der Waals surface area contributed by atoms with Crippen LogP contribution in [0.2, 0.25) is 0 Å². The Balaban J connectivity index is 1.51. The summed E-state index contributed by atoms with van der Waals surface area (Å²) in [5, 5.41) is 25.6. The number of imidazole rings is 1. The summed E-state index contributed by atoms with van der Waals surface area (Å²) in [7, 11) is -17.6. The van der Waals surface area contributed by atoms with E-state index >= 15 is 0 Å². The zero-order valence-corrected chi connectivity index (χ0v) is 32.1. The highest BCUT2D eigenvalue weighted by Crippen LogP contribution is 2.56. The second-order valence-electron chi connectivity index (χ2n) is 12.2. The van der Waals surface area contributed by atoms with Gasteiger partial charge in [-0.1, -0.05) is 32.5 Å². The van der Waals surface area contributed by atoms with Crippen LogP contribution in [0.1, 0.15) is 33.4 Å². The standard InChI is InChI=1S/C25H41FN7O17P3S/c1-13(8-26)24(38)54-7-6-28-15(34)4-5-29-22(37)19(36)25(2,3)10-47-53(44,45)50-52(42,43)46-9-14-18(49-51(39,40)41)17(35)23(48-14)33-12-32-16-20(27)30-11-31-21(16)33/h11-14,17-19,23,35-36H,4-10H2,1-3H3,(H,28,34)(H,29,37)(H,42,43)(H,44,45)(H2,27,30,31)(H2,39,40,41)/p-4/i26-1. The molecule has 3 heterocycles. The molecule has 1 aliphatic heterocycles. The number of phosphoric acid groups is 3. The molecule has 29 heteroatoms. The Morgan fingerprint density at radius 3 is 2.43 bits per heavy atom. The van der Waals surface area contributed by atoms with Crippen LogP contribution >= 0.6 is 35.2 Å². The smallest absolute Gasteiger partial charge is 0.274 e. The number of nitrogen functional groups attached to an aromatic ring is 1. The number of phosphoric ester groups is 3. The number of ether oxygens (including phenoxy) is 1. The fourth-order valence-corrected chi connectivity index (χ4v) is 7.95. The van der Waals surface area contributed by atoms with Crippen LogP contribution in [0.4, 0.5) is 10.2 Å². The molecule has 1 saturated heterocycles. The van der Waals surface area contributed by atoms with Crippen molar-refractivity contribution in [3.05, 3.63) is 12.7 Å². The van der Waals surface area contributed by atoms with Crippen LogP contribution < -0.4 is 35.9 Å². The second-order valence-corrected chi connectivity index (χ2v) is 17.4. The van der Waals surface area contributed by atoms with E-state index in [1.54, 1.807) is 0 Å². The maximum absolute atomic E-state index is 12.5. The van der Waals surface area contributed by atoms with Gasteiger partial charge in [-0.2, -0.15) is 0 Å². The maximum Gasteiger partial charge on any atom is 0.274 e. The van der Waals surface area contributed by atoms with Crippen LogP contribution in [0.15, 0.2) is 12.7 Å². The normalized spacial score (nSPS) is 22.6. The first-order valence-corrected chi connectivity index (χ1v) is 20.9. The molecule has 2 aromatic heterocycles. The monoisotopic (exact) mass is 850 g/mol. The summed E-state index contributed by atoms with van der Waals surface area (Å²) >= 11 is 0.851. The maximum atomic E-state index is 12.5. The molecule has 54 heavy (non-hydrogen) atoms. The number of carbonyl (C=O) groups excluding carboxylic acids is 3. The average molecular weight is 851 g/mol. The van der Waals surface area contributed by atoms with Gasteiger partial charge in [0.15, 0.2) is 22.8 Å². The molecule has 306 valence electrons. The Kier molecular flexibility index (Phi) is 16.2. The van der Waals surface area contributed by atoms with Crippen molar-refractivity contribution in [3.63, 3.8) is 0 Å². The molecule has 8 unspecified atom stereocenters. The van der Waals surface area contributed by atoms with Crippen LogP contribution in [-0.2, 0) is 50.7 Å². The Bertz CT molecular complexity index is 1790. The molecule has 24 nitrogen and oxygen atoms in total. The van der Waals surface area contributed by atoms with Gasteiger partial charge in [0.05, 0.1) is 40.0 Å². The van der Waals surface area contributed by atoms with Crippen molar-refractivity contribution < 1.29 is 84.9 Å². The number of aliphatic hydroxyl groups is 2. The van der Waals surface area contributed by atoms with Crippen molar-refractivity contribution in [2.24, 2.45) is 11.3 Å². The first-order chi connectivity index (χ1) is 25.0. The highest BCUT2D eigenvalue weighted by Gasteiger charge is 2.47. The molecule has 8 atom stereocenters. The highest BCUT2D eigenvalue weighted by atomic mass is 32.2. The second kappa shape index (κ2) is 19.1. The average Bonchev–Trinajstić information content (AvgIpc) is 3.64. The fraction of sp³-hybridized carbons (Fsp3) is 0.680. The number of nitrogens with two attached hydrogens (primary N) is 1. The Labute approximate surface area is 310 Å². The van der Waals surface area contributed by atoms with Crippen LogP contribution in [0, 0.1) is 11.3 Å². The van der Waals surface area contributed by atoms with Gasteiger partial charge in [0.25, 0.3) is 15.6 Å². The Hall–Kier alpha value is -2.51. The molecular weight excluding hydrogens is 813 g/mol. The van der Waals surface area contributed by atoms with Gasteiger partial charge >= 0.3 is 0 Å². The number of anilines is 1. The van der Waals surface area contributed by atoms with E-state index in [4.69, 9.17) is 10.5 Å². The summed E-state index contributed by atoms with van der Waals surface area (Å²) in [6.07, 6.45) is -7.71. The molecule has 0 aromatic carbocycles. The summed E-state index contributed by atoms with van der Waals surface area (Å²) in [4.78, 5) is 95.3. The number of nitrogens with zero attached hydrogens (tertiary/aromatic N) is 4. The molecule has 0 radical (unpaired) electrons. The summed E-state index contributed by atoms with van der Waals surface area (Å²) in [5.41, 5.74) is 4.02. The molecule has 0 aliphatic carbocycles. The van der Waals surface area contributed by atoms with Crippen LogP contribution in [0.5, 0.6) is 0 Å². The summed E-state index contributed by atoms with van der Waals surface area (Å²) in [5.74, 6) is -2.23. The molecule has 2 amide bonds. The van der Waals surface area contributed by atoms with Crippen molar-refractivity contribution in [1.82, 2.24) is 30.2 Å². The number of alkyl halides is 1. The predicted molar refractivity (Wildman–Crippen MR) is 173 cm³/mol. The lowest BCUT2D eigenvalue weighted by atomic mass is 9.87. The van der Waals surface area contributed by atoms with Gasteiger partial charge in [-0.3, -0.25) is 32.5 Å². The Morgan fingerprint density at radius 2 is 1.78 bits per heavy atom. The molecule has 1 aliphatic rings. The minimum Gasteiger partial charge on any atom is -0.790 e. The molecule has 0 bridgehead atoms. The minimum atomic E-state index is -5.92. The lowest BCUT2D eigenvalue weighted by Crippen LogP contribution is -2.46. The SMILES string of the molecule is CC(C[18F])C(=O)SCCNC(=O)CCNC(=O)C(O)C(C)(C)COP(=O)([O-])OP(=O)([O-])OCC1OC(n2cnc3c(N)ncnc32)C(O)C1OP(=O)([O-])[O-]. The topological polar surface area (TPSA) is 375 Å². The number of carbonyl (C=O) groups is 3. The number of amides is 2. The van der Waals surface area contributed by atoms with Gasteiger partial charge in [0, 0.05) is 30.7 Å². The van der Waals surface area contributed by atoms with Crippen LogP contribution in [-0.4, -0.2) is 110 Å². The number of hydrogen-bond acceptors (Lipinski definition) is 22. The van der Waals surface area contributed by atoms with E-state index in [2.05, 4.69) is 43.5 Å². The van der Waals surface area contributed by atoms with Gasteiger partial charge in [-0.15, -0.1) is 0 Å². The zero-order valence-electron chi connectivity index (χ0n) is 28.6. The quantitative estimate of drug-likeness (QED) is 0.0608. The number of aliphatic hydroxyl groups excluding tert-OH is 2. The molecule has 3 rings (SSSR count). The van der Waals surface area contributed by atoms with E-state index in [0.717, 1.165) is 29.0 Å². The van der Waals surface area contributed by atoms with E-state index in [-0.39, 0.29) is 47.4 Å². The number of hydrogen-bond donors (Lipinski definition) is 5. The summed E-state index contributed by atoms with van der Waals surface area (Å²) in [6.45, 7) is 0.496. The van der Waals surface area contributed by atoms with E-state index in [0.29, 0.717) is 0 Å². The van der Waals surface area contributed by atoms with Gasteiger partial charge < -0.3 is 69.0 Å². The van der Waals surface area contributed by atoms with Crippen molar-refractivity contribution in [1.29, 1.82) is 0 Å². The third-order valence-electron chi connectivity index (χ3n) is 7.36. The highest BCUT2D eigenvalue weighted by molar-refractivity contribution is 8.13. The van der Waals surface area contributed by atoms with Crippen molar-refractivity contribution >= 4 is 69.1 Å². The van der Waals surface area contributed by atoms with Gasteiger partial charge in [-0.25, -0.2) is 19.3 Å². The van der Waals surface area contributed by atoms with Gasteiger partial charge in [0.2, 0.25) is 11.8 Å². The lowest BCUT2D eigenvalue weighted by molar-refractivity contribution is -0.347. The number of nitrogens with one attached hydrogen (secondary N) is 2. The summed E-state index contributed by atoms with van der Waals surface area (Å²) < 4.78 is 72.8. The van der Waals surface area contributed by atoms with E-state index < -0.39 is 97.1 Å². The third kappa shape index (κ3) is 13.3. The molecule has 1 fully saturated rings. The number of halogens is 1.